The molecule has 24 heavy (non-hydrogen) atoms. The van der Waals surface area contributed by atoms with Crippen molar-refractivity contribution in [2.75, 3.05) is 18.0 Å². The highest BCUT2D eigenvalue weighted by Gasteiger charge is 2.30. The van der Waals surface area contributed by atoms with Gasteiger partial charge in [-0.2, -0.15) is 0 Å². The summed E-state index contributed by atoms with van der Waals surface area (Å²) >= 11 is 0. The van der Waals surface area contributed by atoms with Gasteiger partial charge in [0.25, 0.3) is 0 Å². The Bertz CT molecular complexity index is 704. The topological polar surface area (TPSA) is 49.2 Å². The van der Waals surface area contributed by atoms with Gasteiger partial charge in [-0.1, -0.05) is 24.3 Å². The Morgan fingerprint density at radius 3 is 2.50 bits per heavy atom. The van der Waals surface area contributed by atoms with E-state index in [4.69, 9.17) is 0 Å². The summed E-state index contributed by atoms with van der Waals surface area (Å²) in [6.07, 6.45) is 5.57. The molecule has 0 atom stereocenters. The SMILES string of the molecule is Cc1ccccc1C1CCN(c2cc(C3CC(O)C3)ncn2)CC1. The minimum atomic E-state index is -0.140. The number of hydrogen-bond donors (Lipinski definition) is 1. The highest BCUT2D eigenvalue weighted by atomic mass is 16.3. The molecular formula is C20H25N3O. The molecule has 1 saturated heterocycles. The number of rotatable bonds is 3. The lowest BCUT2D eigenvalue weighted by Crippen LogP contribution is -2.34. The second-order valence-corrected chi connectivity index (χ2v) is 7.24. The number of aromatic nitrogens is 2. The van der Waals surface area contributed by atoms with Gasteiger partial charge in [0.15, 0.2) is 0 Å². The predicted molar refractivity (Wildman–Crippen MR) is 95.4 cm³/mol. The molecule has 1 saturated carbocycles. The van der Waals surface area contributed by atoms with Crippen LogP contribution < -0.4 is 4.90 Å². The molecule has 0 unspecified atom stereocenters. The summed E-state index contributed by atoms with van der Waals surface area (Å²) in [5.74, 6) is 2.11. The van der Waals surface area contributed by atoms with E-state index in [2.05, 4.69) is 52.1 Å². The zero-order chi connectivity index (χ0) is 16.5. The smallest absolute Gasteiger partial charge is 0.132 e. The summed E-state index contributed by atoms with van der Waals surface area (Å²) in [6, 6.07) is 10.9. The van der Waals surface area contributed by atoms with E-state index in [1.54, 1.807) is 6.33 Å². The van der Waals surface area contributed by atoms with Crippen LogP contribution in [0.15, 0.2) is 36.7 Å². The molecule has 4 rings (SSSR count). The van der Waals surface area contributed by atoms with Crippen LogP contribution in [0.4, 0.5) is 5.82 Å². The van der Waals surface area contributed by atoms with E-state index in [9.17, 15) is 5.11 Å². The van der Waals surface area contributed by atoms with Crippen molar-refractivity contribution in [3.63, 3.8) is 0 Å². The Morgan fingerprint density at radius 2 is 1.79 bits per heavy atom. The van der Waals surface area contributed by atoms with Crippen molar-refractivity contribution in [3.05, 3.63) is 53.5 Å². The summed E-state index contributed by atoms with van der Waals surface area (Å²) in [5.41, 5.74) is 4.00. The van der Waals surface area contributed by atoms with E-state index in [1.807, 2.05) is 0 Å². The van der Waals surface area contributed by atoms with Gasteiger partial charge in [-0.05, 0) is 49.7 Å². The molecule has 0 amide bonds. The third kappa shape index (κ3) is 3.03. The number of anilines is 1. The summed E-state index contributed by atoms with van der Waals surface area (Å²) in [5, 5.41) is 9.50. The van der Waals surface area contributed by atoms with E-state index in [-0.39, 0.29) is 6.10 Å². The normalized spacial score (nSPS) is 24.7. The molecule has 0 bridgehead atoms. The molecule has 126 valence electrons. The molecular weight excluding hydrogens is 298 g/mol. The molecule has 0 radical (unpaired) electrons. The highest BCUT2D eigenvalue weighted by Crippen LogP contribution is 2.37. The van der Waals surface area contributed by atoms with Crippen LogP contribution in [0.5, 0.6) is 0 Å². The first-order valence-electron chi connectivity index (χ1n) is 9.01. The highest BCUT2D eigenvalue weighted by molar-refractivity contribution is 5.41. The largest absolute Gasteiger partial charge is 0.393 e. The standard InChI is InChI=1S/C20H25N3O/c1-14-4-2-3-5-18(14)15-6-8-23(9-7-15)20-12-19(21-13-22-20)16-10-17(24)11-16/h2-5,12-13,15-17,24H,6-11H2,1H3. The second-order valence-electron chi connectivity index (χ2n) is 7.24. The molecule has 1 aliphatic heterocycles. The van der Waals surface area contributed by atoms with Crippen molar-refractivity contribution in [3.8, 4) is 0 Å². The van der Waals surface area contributed by atoms with E-state index >= 15 is 0 Å². The van der Waals surface area contributed by atoms with E-state index < -0.39 is 0 Å². The molecule has 0 spiro atoms. The van der Waals surface area contributed by atoms with E-state index in [0.29, 0.717) is 11.8 Å². The van der Waals surface area contributed by atoms with Gasteiger partial charge in [0, 0.05) is 30.8 Å². The average molecular weight is 323 g/mol. The number of aliphatic hydroxyl groups excluding tert-OH is 1. The molecule has 2 fully saturated rings. The van der Waals surface area contributed by atoms with Gasteiger partial charge in [0.05, 0.1) is 6.10 Å². The fraction of sp³-hybridized carbons (Fsp3) is 0.500. The lowest BCUT2D eigenvalue weighted by molar-refractivity contribution is 0.0732. The molecule has 4 heteroatoms. The third-order valence-corrected chi connectivity index (χ3v) is 5.65. The van der Waals surface area contributed by atoms with Crippen LogP contribution in [-0.2, 0) is 0 Å². The minimum absolute atomic E-state index is 0.140. The summed E-state index contributed by atoms with van der Waals surface area (Å²) in [6.45, 7) is 4.30. The van der Waals surface area contributed by atoms with Crippen LogP contribution in [0.1, 0.15) is 54.3 Å². The fourth-order valence-electron chi connectivity index (χ4n) is 4.05. The molecule has 2 heterocycles. The van der Waals surface area contributed by atoms with Crippen molar-refractivity contribution >= 4 is 5.82 Å². The number of benzene rings is 1. The number of nitrogens with zero attached hydrogens (tertiary/aromatic N) is 3. The number of hydrogen-bond acceptors (Lipinski definition) is 4. The molecule has 4 nitrogen and oxygen atoms in total. The molecule has 1 N–H and O–H groups in total. The average Bonchev–Trinajstić information content (AvgIpc) is 2.60. The quantitative estimate of drug-likeness (QED) is 0.940. The molecule has 1 aromatic heterocycles. The van der Waals surface area contributed by atoms with E-state index in [0.717, 1.165) is 37.4 Å². The monoisotopic (exact) mass is 323 g/mol. The maximum atomic E-state index is 9.50. The first-order chi connectivity index (χ1) is 11.7. The van der Waals surface area contributed by atoms with Gasteiger partial charge in [0.1, 0.15) is 12.1 Å². The maximum Gasteiger partial charge on any atom is 0.132 e. The first kappa shape index (κ1) is 15.6. The zero-order valence-electron chi connectivity index (χ0n) is 14.2. The molecule has 1 aliphatic carbocycles. The summed E-state index contributed by atoms with van der Waals surface area (Å²) < 4.78 is 0. The lowest BCUT2D eigenvalue weighted by Gasteiger charge is -2.35. The third-order valence-electron chi connectivity index (χ3n) is 5.65. The molecule has 1 aromatic carbocycles. The molecule has 2 aromatic rings. The van der Waals surface area contributed by atoms with Gasteiger partial charge < -0.3 is 10.0 Å². The van der Waals surface area contributed by atoms with Crippen molar-refractivity contribution in [2.45, 2.75) is 50.5 Å². The first-order valence-corrected chi connectivity index (χ1v) is 9.01. The minimum Gasteiger partial charge on any atom is -0.393 e. The Balaban J connectivity index is 1.43. The Kier molecular flexibility index (Phi) is 4.23. The second kappa shape index (κ2) is 6.52. The zero-order valence-corrected chi connectivity index (χ0v) is 14.2. The van der Waals surface area contributed by atoms with Gasteiger partial charge >= 0.3 is 0 Å². The predicted octanol–water partition coefficient (Wildman–Crippen LogP) is 3.41. The van der Waals surface area contributed by atoms with Crippen LogP contribution in [0.2, 0.25) is 0 Å². The lowest BCUT2D eigenvalue weighted by atomic mass is 9.80. The van der Waals surface area contributed by atoms with Gasteiger partial charge in [-0.15, -0.1) is 0 Å². The Labute approximate surface area is 143 Å². The fourth-order valence-corrected chi connectivity index (χ4v) is 4.05. The maximum absolute atomic E-state index is 9.50. The van der Waals surface area contributed by atoms with Crippen LogP contribution >= 0.6 is 0 Å². The van der Waals surface area contributed by atoms with Crippen LogP contribution in [0, 0.1) is 6.92 Å². The number of aliphatic hydroxyl groups is 1. The van der Waals surface area contributed by atoms with Crippen molar-refractivity contribution in [1.82, 2.24) is 9.97 Å². The Morgan fingerprint density at radius 1 is 1.04 bits per heavy atom. The van der Waals surface area contributed by atoms with Gasteiger partial charge in [-0.3, -0.25) is 0 Å². The van der Waals surface area contributed by atoms with Gasteiger partial charge in [0.2, 0.25) is 0 Å². The van der Waals surface area contributed by atoms with Crippen molar-refractivity contribution < 1.29 is 5.11 Å². The van der Waals surface area contributed by atoms with Crippen LogP contribution in [0.3, 0.4) is 0 Å². The van der Waals surface area contributed by atoms with Gasteiger partial charge in [-0.25, -0.2) is 9.97 Å². The number of aryl methyl sites for hydroxylation is 1. The Hall–Kier alpha value is -1.94. The van der Waals surface area contributed by atoms with Crippen molar-refractivity contribution in [2.24, 2.45) is 0 Å². The summed E-state index contributed by atoms with van der Waals surface area (Å²) in [7, 11) is 0. The number of piperidine rings is 1. The van der Waals surface area contributed by atoms with Crippen LogP contribution in [0.25, 0.3) is 0 Å². The van der Waals surface area contributed by atoms with Crippen LogP contribution in [-0.4, -0.2) is 34.3 Å². The molecule has 2 aliphatic rings. The summed E-state index contributed by atoms with van der Waals surface area (Å²) in [4.78, 5) is 11.3. The van der Waals surface area contributed by atoms with Crippen molar-refractivity contribution in [1.29, 1.82) is 0 Å². The van der Waals surface area contributed by atoms with E-state index in [1.165, 1.54) is 24.0 Å².